The quantitative estimate of drug-likeness (QED) is 0.726. The molecule has 1 aromatic rings. The first kappa shape index (κ1) is 12.3. The molecule has 0 spiro atoms. The number of methoxy groups -OCH3 is 2. The van der Waals surface area contributed by atoms with Crippen LogP contribution in [-0.4, -0.2) is 54.6 Å². The molecule has 102 valence electrons. The van der Waals surface area contributed by atoms with E-state index >= 15 is 0 Å². The van der Waals surface area contributed by atoms with Crippen molar-refractivity contribution >= 4 is 11.7 Å². The van der Waals surface area contributed by atoms with Gasteiger partial charge in [0, 0.05) is 18.8 Å². The van der Waals surface area contributed by atoms with Crippen LogP contribution < -0.4 is 14.0 Å². The number of carbonyl (C=O) groups excluding carboxylic acids is 1. The molecule has 3 aliphatic heterocycles. The fourth-order valence-electron chi connectivity index (χ4n) is 2.96. The van der Waals surface area contributed by atoms with E-state index in [2.05, 4.69) is 15.0 Å². The van der Waals surface area contributed by atoms with Gasteiger partial charge in [0.15, 0.2) is 5.78 Å². The number of piperidine rings is 3. The SMILES string of the molecule is COc1nc(OC)nc([N+]23CCC(CC2)C(=O)C3)n1. The molecule has 0 amide bonds. The number of fused-ring (bicyclic) bond motifs is 3. The number of rotatable bonds is 3. The van der Waals surface area contributed by atoms with E-state index in [0.29, 0.717) is 22.8 Å². The lowest BCUT2D eigenvalue weighted by molar-refractivity contribution is -0.130. The first-order valence-corrected chi connectivity index (χ1v) is 6.40. The van der Waals surface area contributed by atoms with Crippen molar-refractivity contribution in [2.45, 2.75) is 12.8 Å². The van der Waals surface area contributed by atoms with Gasteiger partial charge in [-0.15, -0.1) is 15.0 Å². The van der Waals surface area contributed by atoms with Crippen LogP contribution in [0.5, 0.6) is 12.0 Å². The lowest BCUT2D eigenvalue weighted by Gasteiger charge is -2.45. The number of hydrogen-bond acceptors (Lipinski definition) is 6. The minimum absolute atomic E-state index is 0.231. The summed E-state index contributed by atoms with van der Waals surface area (Å²) in [5, 5.41) is 0. The maximum absolute atomic E-state index is 12.0. The summed E-state index contributed by atoms with van der Waals surface area (Å²) in [6, 6.07) is 0.462. The van der Waals surface area contributed by atoms with Gasteiger partial charge in [0.1, 0.15) is 6.54 Å². The minimum Gasteiger partial charge on any atom is -0.466 e. The maximum Gasteiger partial charge on any atom is 0.338 e. The molecule has 7 nitrogen and oxygen atoms in total. The van der Waals surface area contributed by atoms with E-state index in [9.17, 15) is 4.79 Å². The minimum atomic E-state index is 0.231. The van der Waals surface area contributed by atoms with Crippen molar-refractivity contribution in [3.8, 4) is 12.0 Å². The van der Waals surface area contributed by atoms with Crippen LogP contribution in [0.4, 0.5) is 5.95 Å². The van der Waals surface area contributed by atoms with Gasteiger partial charge in [-0.25, -0.2) is 0 Å². The van der Waals surface area contributed by atoms with Crippen molar-refractivity contribution in [1.82, 2.24) is 19.4 Å². The molecule has 0 aromatic carbocycles. The molecule has 0 saturated carbocycles. The summed E-state index contributed by atoms with van der Waals surface area (Å²) < 4.78 is 10.7. The lowest BCUT2D eigenvalue weighted by atomic mass is 9.85. The fraction of sp³-hybridized carbons (Fsp3) is 0.667. The van der Waals surface area contributed by atoms with Gasteiger partial charge in [-0.05, 0) is 0 Å². The molecule has 0 atom stereocenters. The second-order valence-corrected chi connectivity index (χ2v) is 5.10. The smallest absolute Gasteiger partial charge is 0.338 e. The van der Waals surface area contributed by atoms with Gasteiger partial charge in [-0.2, -0.15) is 0 Å². The molecule has 1 aromatic heterocycles. The molecule has 4 heterocycles. The van der Waals surface area contributed by atoms with Gasteiger partial charge >= 0.3 is 18.0 Å². The Hall–Kier alpha value is -1.76. The summed E-state index contributed by atoms with van der Waals surface area (Å²) in [6.45, 7) is 2.26. The van der Waals surface area contributed by atoms with Gasteiger partial charge in [0.2, 0.25) is 0 Å². The average molecular weight is 265 g/mol. The number of aromatic nitrogens is 3. The van der Waals surface area contributed by atoms with E-state index in [1.165, 1.54) is 14.2 Å². The summed E-state index contributed by atoms with van der Waals surface area (Å²) in [6.07, 6.45) is 1.82. The Morgan fingerprint density at radius 3 is 2.11 bits per heavy atom. The highest BCUT2D eigenvalue weighted by Gasteiger charge is 2.48. The van der Waals surface area contributed by atoms with Crippen LogP contribution in [-0.2, 0) is 4.79 Å². The standard InChI is InChI=1S/C12H17N4O3/c1-18-11-13-10(14-12(15-11)19-2)16-5-3-8(4-6-16)9(17)7-16/h8H,3-7H2,1-2H3/q+1. The van der Waals surface area contributed by atoms with Crippen molar-refractivity contribution in [2.24, 2.45) is 5.92 Å². The Labute approximate surface area is 111 Å². The van der Waals surface area contributed by atoms with Crippen molar-refractivity contribution in [1.29, 1.82) is 0 Å². The molecule has 0 N–H and O–H groups in total. The number of Topliss-reactive ketones (excluding diaryl/α,β-unsaturated/α-hetero) is 1. The highest BCUT2D eigenvalue weighted by atomic mass is 16.5. The number of hydrogen-bond donors (Lipinski definition) is 0. The molecule has 0 aliphatic carbocycles. The molecule has 7 heteroatoms. The predicted molar refractivity (Wildman–Crippen MR) is 67.1 cm³/mol. The van der Waals surface area contributed by atoms with E-state index in [0.717, 1.165) is 25.9 Å². The van der Waals surface area contributed by atoms with Crippen LogP contribution >= 0.6 is 0 Å². The second kappa shape index (κ2) is 4.41. The molecule has 0 radical (unpaired) electrons. The molecule has 3 fully saturated rings. The Bertz CT molecular complexity index is 489. The molecule has 2 bridgehead atoms. The van der Waals surface area contributed by atoms with Crippen LogP contribution in [0.25, 0.3) is 0 Å². The number of quaternary nitrogens is 1. The Morgan fingerprint density at radius 2 is 1.63 bits per heavy atom. The predicted octanol–water partition coefficient (Wildman–Crippen LogP) is 0.189. The van der Waals surface area contributed by atoms with Crippen LogP contribution in [0.2, 0.25) is 0 Å². The largest absolute Gasteiger partial charge is 0.466 e. The van der Waals surface area contributed by atoms with Gasteiger partial charge in [-0.3, -0.25) is 9.28 Å². The van der Waals surface area contributed by atoms with Crippen LogP contribution in [0.1, 0.15) is 12.8 Å². The molecule has 0 unspecified atom stereocenters. The Balaban J connectivity index is 2.02. The van der Waals surface area contributed by atoms with Crippen molar-refractivity contribution in [2.75, 3.05) is 33.9 Å². The number of carbonyl (C=O) groups is 1. The molecular weight excluding hydrogens is 248 g/mol. The van der Waals surface area contributed by atoms with Gasteiger partial charge in [-0.1, -0.05) is 0 Å². The van der Waals surface area contributed by atoms with Crippen molar-refractivity contribution in [3.63, 3.8) is 0 Å². The van der Waals surface area contributed by atoms with Gasteiger partial charge in [0.05, 0.1) is 27.3 Å². The highest BCUT2D eigenvalue weighted by Crippen LogP contribution is 2.35. The van der Waals surface area contributed by atoms with Crippen molar-refractivity contribution in [3.05, 3.63) is 0 Å². The summed E-state index contributed by atoms with van der Waals surface area (Å²) in [4.78, 5) is 24.6. The fourth-order valence-corrected chi connectivity index (χ4v) is 2.96. The zero-order chi connectivity index (χ0) is 13.5. The van der Waals surface area contributed by atoms with E-state index < -0.39 is 0 Å². The third-order valence-electron chi connectivity index (χ3n) is 4.10. The zero-order valence-corrected chi connectivity index (χ0v) is 11.1. The maximum atomic E-state index is 12.0. The van der Waals surface area contributed by atoms with Crippen LogP contribution in [0.3, 0.4) is 0 Å². The summed E-state index contributed by atoms with van der Waals surface area (Å²) in [5.74, 6) is 1.14. The summed E-state index contributed by atoms with van der Waals surface area (Å²) in [5.41, 5.74) is 0. The molecule has 3 saturated heterocycles. The molecule has 19 heavy (non-hydrogen) atoms. The average Bonchev–Trinajstić information content (AvgIpc) is 2.47. The topological polar surface area (TPSA) is 74.2 Å². The third-order valence-corrected chi connectivity index (χ3v) is 4.10. The zero-order valence-electron chi connectivity index (χ0n) is 11.1. The Morgan fingerprint density at radius 1 is 1.05 bits per heavy atom. The summed E-state index contributed by atoms with van der Waals surface area (Å²) >= 11 is 0. The van der Waals surface area contributed by atoms with E-state index in [-0.39, 0.29) is 17.9 Å². The Kier molecular flexibility index (Phi) is 2.85. The summed E-state index contributed by atoms with van der Waals surface area (Å²) in [7, 11) is 3.01. The second-order valence-electron chi connectivity index (χ2n) is 5.10. The van der Waals surface area contributed by atoms with E-state index in [4.69, 9.17) is 9.47 Å². The monoisotopic (exact) mass is 265 g/mol. The number of nitrogens with zero attached hydrogens (tertiary/aromatic N) is 4. The third kappa shape index (κ3) is 1.94. The first-order valence-electron chi connectivity index (χ1n) is 6.40. The molecular formula is C12H17N4O3+. The van der Waals surface area contributed by atoms with Gasteiger partial charge < -0.3 is 9.47 Å². The first-order chi connectivity index (χ1) is 9.16. The highest BCUT2D eigenvalue weighted by molar-refractivity contribution is 5.86. The van der Waals surface area contributed by atoms with Gasteiger partial charge in [0.25, 0.3) is 0 Å². The van der Waals surface area contributed by atoms with Crippen LogP contribution in [0, 0.1) is 5.92 Å². The van der Waals surface area contributed by atoms with E-state index in [1.807, 2.05) is 0 Å². The lowest BCUT2D eigenvalue weighted by Crippen LogP contribution is -2.64. The van der Waals surface area contributed by atoms with E-state index in [1.54, 1.807) is 0 Å². The molecule has 4 rings (SSSR count). The van der Waals surface area contributed by atoms with Crippen molar-refractivity contribution < 1.29 is 14.3 Å². The number of ketones is 1. The molecule has 3 aliphatic rings. The normalized spacial score (nSPS) is 29.4. The van der Waals surface area contributed by atoms with Crippen LogP contribution in [0.15, 0.2) is 0 Å². The number of ether oxygens (including phenoxy) is 2.